The third-order valence-corrected chi connectivity index (χ3v) is 1.27. The molecule has 0 aliphatic carbocycles. The maximum Gasteiger partial charge on any atom is 0.324 e. The molecule has 0 bridgehead atoms. The zero-order valence-corrected chi connectivity index (χ0v) is 7.80. The Balaban J connectivity index is 3.87. The Bertz CT molecular complexity index is 315. The molecule has 7 nitrogen and oxygen atoms in total. The standard InChI is InChI=1S/C8H9N3O4/c9-1-3-14-7(12)5-6(11)8(13)15-4-2-10/h6H,3-5,11H2/t6-/m0/s1. The number of carbonyl (C=O) groups is 2. The number of carbonyl (C=O) groups excluding carboxylic acids is 2. The van der Waals surface area contributed by atoms with Gasteiger partial charge in [-0.05, 0) is 0 Å². The normalized spacial score (nSPS) is 10.6. The van der Waals surface area contributed by atoms with E-state index in [4.69, 9.17) is 16.3 Å². The second-order valence-electron chi connectivity index (χ2n) is 2.40. The summed E-state index contributed by atoms with van der Waals surface area (Å²) in [4.78, 5) is 21.8. The molecular formula is C8H9N3O4. The number of rotatable bonds is 5. The van der Waals surface area contributed by atoms with Crippen LogP contribution >= 0.6 is 0 Å². The fraction of sp³-hybridized carbons (Fsp3) is 0.500. The van der Waals surface area contributed by atoms with Crippen molar-refractivity contribution in [2.75, 3.05) is 13.2 Å². The van der Waals surface area contributed by atoms with Crippen LogP contribution in [0, 0.1) is 22.7 Å². The molecule has 0 saturated carbocycles. The van der Waals surface area contributed by atoms with Crippen molar-refractivity contribution in [3.63, 3.8) is 0 Å². The zero-order valence-electron chi connectivity index (χ0n) is 7.80. The highest BCUT2D eigenvalue weighted by molar-refractivity contribution is 5.82. The maximum atomic E-state index is 10.9. The Morgan fingerprint density at radius 3 is 2.27 bits per heavy atom. The fourth-order valence-electron chi connectivity index (χ4n) is 0.645. The van der Waals surface area contributed by atoms with E-state index in [1.807, 2.05) is 0 Å². The maximum absolute atomic E-state index is 10.9. The summed E-state index contributed by atoms with van der Waals surface area (Å²) in [6.45, 7) is -0.807. The van der Waals surface area contributed by atoms with Gasteiger partial charge in [-0.2, -0.15) is 10.5 Å². The van der Waals surface area contributed by atoms with Gasteiger partial charge >= 0.3 is 11.9 Å². The molecule has 0 aromatic carbocycles. The predicted molar refractivity (Wildman–Crippen MR) is 45.7 cm³/mol. The van der Waals surface area contributed by atoms with Crippen LogP contribution in [0.3, 0.4) is 0 Å². The quantitative estimate of drug-likeness (QED) is 0.568. The third-order valence-electron chi connectivity index (χ3n) is 1.27. The molecule has 0 rings (SSSR count). The number of nitriles is 2. The van der Waals surface area contributed by atoms with Gasteiger partial charge < -0.3 is 15.2 Å². The van der Waals surface area contributed by atoms with Crippen molar-refractivity contribution in [3.05, 3.63) is 0 Å². The number of hydrogen-bond donors (Lipinski definition) is 1. The Morgan fingerprint density at radius 1 is 1.20 bits per heavy atom. The predicted octanol–water partition coefficient (Wildman–Crippen LogP) is -1.16. The molecule has 0 amide bonds. The van der Waals surface area contributed by atoms with E-state index in [1.165, 1.54) is 0 Å². The number of nitrogens with zero attached hydrogens (tertiary/aromatic N) is 2. The average Bonchev–Trinajstić information content (AvgIpc) is 2.22. The van der Waals surface area contributed by atoms with Gasteiger partial charge in [0.25, 0.3) is 0 Å². The molecule has 1 atom stereocenters. The smallest absolute Gasteiger partial charge is 0.324 e. The van der Waals surface area contributed by atoms with Crippen LogP contribution in [-0.2, 0) is 19.1 Å². The number of esters is 2. The van der Waals surface area contributed by atoms with Crippen LogP contribution in [0.5, 0.6) is 0 Å². The summed E-state index contributed by atoms with van der Waals surface area (Å²) in [6, 6.07) is 2.00. The molecule has 15 heavy (non-hydrogen) atoms. The third kappa shape index (κ3) is 6.02. The molecule has 7 heteroatoms. The number of hydrogen-bond acceptors (Lipinski definition) is 7. The minimum Gasteiger partial charge on any atom is -0.450 e. The van der Waals surface area contributed by atoms with Crippen molar-refractivity contribution in [1.29, 1.82) is 10.5 Å². The van der Waals surface area contributed by atoms with Crippen LogP contribution in [0.15, 0.2) is 0 Å². The SMILES string of the molecule is N#CCOC(=O)C[C@H](N)C(=O)OCC#N. The van der Waals surface area contributed by atoms with E-state index in [0.29, 0.717) is 0 Å². The van der Waals surface area contributed by atoms with Gasteiger partial charge in [0.05, 0.1) is 6.42 Å². The molecular weight excluding hydrogens is 202 g/mol. The highest BCUT2D eigenvalue weighted by atomic mass is 16.5. The summed E-state index contributed by atoms with van der Waals surface area (Å²) < 4.78 is 8.72. The molecule has 0 aliphatic rings. The van der Waals surface area contributed by atoms with E-state index >= 15 is 0 Å². The molecule has 0 heterocycles. The second-order valence-corrected chi connectivity index (χ2v) is 2.40. The minimum atomic E-state index is -1.18. The summed E-state index contributed by atoms with van der Waals surface area (Å²) in [5, 5.41) is 16.2. The van der Waals surface area contributed by atoms with Crippen molar-refractivity contribution >= 4 is 11.9 Å². The van der Waals surface area contributed by atoms with Crippen LogP contribution in [0.25, 0.3) is 0 Å². The summed E-state index contributed by atoms with van der Waals surface area (Å²) >= 11 is 0. The van der Waals surface area contributed by atoms with Crippen molar-refractivity contribution in [3.8, 4) is 12.1 Å². The lowest BCUT2D eigenvalue weighted by atomic mass is 10.2. The molecule has 0 fully saturated rings. The summed E-state index contributed by atoms with van der Waals surface area (Å²) in [6.07, 6.45) is -0.383. The highest BCUT2D eigenvalue weighted by Gasteiger charge is 2.19. The Morgan fingerprint density at radius 2 is 1.73 bits per heavy atom. The minimum absolute atomic E-state index is 0.383. The van der Waals surface area contributed by atoms with E-state index in [1.54, 1.807) is 12.1 Å². The van der Waals surface area contributed by atoms with Crippen molar-refractivity contribution < 1.29 is 19.1 Å². The lowest BCUT2D eigenvalue weighted by Gasteiger charge is -2.08. The van der Waals surface area contributed by atoms with Gasteiger partial charge in [0, 0.05) is 0 Å². The molecule has 0 aliphatic heterocycles. The highest BCUT2D eigenvalue weighted by Crippen LogP contribution is 1.95. The lowest BCUT2D eigenvalue weighted by Crippen LogP contribution is -2.35. The molecule has 0 saturated heterocycles. The first-order chi connectivity index (χ1) is 7.11. The van der Waals surface area contributed by atoms with Gasteiger partial charge in [-0.3, -0.25) is 9.59 Å². The van der Waals surface area contributed by atoms with Crippen molar-refractivity contribution in [1.82, 2.24) is 0 Å². The number of ether oxygens (including phenoxy) is 2. The van der Waals surface area contributed by atoms with Gasteiger partial charge in [0.15, 0.2) is 13.2 Å². The van der Waals surface area contributed by atoms with Gasteiger partial charge in [0.1, 0.15) is 18.2 Å². The molecule has 0 radical (unpaired) electrons. The van der Waals surface area contributed by atoms with E-state index in [9.17, 15) is 9.59 Å². The summed E-state index contributed by atoms with van der Waals surface area (Å²) in [7, 11) is 0. The topological polar surface area (TPSA) is 126 Å². The molecule has 0 spiro atoms. The van der Waals surface area contributed by atoms with Gasteiger partial charge in [-0.25, -0.2) is 0 Å². The van der Waals surface area contributed by atoms with Gasteiger partial charge in [0.2, 0.25) is 0 Å². The van der Waals surface area contributed by atoms with E-state index in [0.717, 1.165) is 0 Å². The average molecular weight is 211 g/mol. The van der Waals surface area contributed by atoms with Crippen molar-refractivity contribution in [2.24, 2.45) is 5.73 Å². The molecule has 0 unspecified atom stereocenters. The molecule has 2 N–H and O–H groups in total. The van der Waals surface area contributed by atoms with Crippen LogP contribution in [0.2, 0.25) is 0 Å². The summed E-state index contributed by atoms with van der Waals surface area (Å²) in [5.41, 5.74) is 5.26. The zero-order chi connectivity index (χ0) is 11.7. The van der Waals surface area contributed by atoms with Crippen LogP contribution in [-0.4, -0.2) is 31.2 Å². The lowest BCUT2D eigenvalue weighted by molar-refractivity contribution is -0.150. The summed E-state index contributed by atoms with van der Waals surface area (Å²) in [5.74, 6) is -1.62. The largest absolute Gasteiger partial charge is 0.450 e. The molecule has 0 aromatic heterocycles. The Kier molecular flexibility index (Phi) is 6.27. The van der Waals surface area contributed by atoms with Crippen LogP contribution in [0.4, 0.5) is 0 Å². The Hall–Kier alpha value is -2.12. The first kappa shape index (κ1) is 12.9. The van der Waals surface area contributed by atoms with E-state index in [-0.39, 0.29) is 6.42 Å². The van der Waals surface area contributed by atoms with Crippen LogP contribution in [0.1, 0.15) is 6.42 Å². The van der Waals surface area contributed by atoms with Gasteiger partial charge in [-0.15, -0.1) is 0 Å². The van der Waals surface area contributed by atoms with Gasteiger partial charge in [-0.1, -0.05) is 0 Å². The second kappa shape index (κ2) is 7.30. The first-order valence-electron chi connectivity index (χ1n) is 3.93. The van der Waals surface area contributed by atoms with E-state index in [2.05, 4.69) is 9.47 Å². The fourth-order valence-corrected chi connectivity index (χ4v) is 0.645. The molecule has 80 valence electrons. The first-order valence-corrected chi connectivity index (χ1v) is 3.93. The number of nitrogens with two attached hydrogens (primary N) is 1. The van der Waals surface area contributed by atoms with Crippen molar-refractivity contribution in [2.45, 2.75) is 12.5 Å². The monoisotopic (exact) mass is 211 g/mol. The van der Waals surface area contributed by atoms with E-state index < -0.39 is 31.2 Å². The van der Waals surface area contributed by atoms with Crippen LogP contribution < -0.4 is 5.73 Å². The Labute approximate surface area is 86.0 Å². The molecule has 0 aromatic rings.